The molecular formula is C14H13ClLiO2P. The Morgan fingerprint density at radius 2 is 1.84 bits per heavy atom. The number of halogens is 1. The van der Waals surface area contributed by atoms with Gasteiger partial charge < -0.3 is 6.16 Å². The van der Waals surface area contributed by atoms with Crippen molar-refractivity contribution in [3.8, 4) is 5.75 Å². The molecule has 2 aromatic carbocycles. The van der Waals surface area contributed by atoms with Crippen molar-refractivity contribution in [3.05, 3.63) is 59.1 Å². The Kier molecular flexibility index (Phi) is 6.62. The zero-order valence-corrected chi connectivity index (χ0v) is 12.6. The third kappa shape index (κ3) is 4.10. The molecule has 0 N–H and O–H groups in total. The summed E-state index contributed by atoms with van der Waals surface area (Å²) >= 11 is 6.07. The van der Waals surface area contributed by atoms with E-state index in [1.54, 1.807) is 18.2 Å². The van der Waals surface area contributed by atoms with Crippen LogP contribution in [0.3, 0.4) is 0 Å². The molecule has 0 aliphatic carbocycles. The van der Waals surface area contributed by atoms with Crippen molar-refractivity contribution in [1.29, 1.82) is 0 Å². The van der Waals surface area contributed by atoms with Crippen LogP contribution in [-0.2, 0) is 0 Å². The van der Waals surface area contributed by atoms with E-state index >= 15 is 0 Å². The van der Waals surface area contributed by atoms with Crippen molar-refractivity contribution >= 4 is 31.0 Å². The Bertz CT molecular complexity index is 566. The normalized spacial score (nSPS) is 10.2. The minimum absolute atomic E-state index is 0. The Labute approximate surface area is 132 Å². The van der Waals surface area contributed by atoms with Crippen LogP contribution in [0.4, 0.5) is 0 Å². The number of ether oxygens (including phenoxy) is 1. The van der Waals surface area contributed by atoms with Crippen molar-refractivity contribution in [2.24, 2.45) is 0 Å². The number of hydrogen-bond acceptors (Lipinski definition) is 2. The SMILES string of the molecule is COc1cccc(Cl)c1C(=O)Pc1ccccc1.[H-].[Li+]. The molecule has 0 saturated heterocycles. The van der Waals surface area contributed by atoms with Gasteiger partial charge in [0.25, 0.3) is 0 Å². The predicted octanol–water partition coefficient (Wildman–Crippen LogP) is 0.609. The van der Waals surface area contributed by atoms with Gasteiger partial charge in [-0.1, -0.05) is 48.0 Å². The van der Waals surface area contributed by atoms with Crippen LogP contribution in [0, 0.1) is 0 Å². The van der Waals surface area contributed by atoms with Crippen LogP contribution in [0.25, 0.3) is 0 Å². The molecule has 1 unspecified atom stereocenters. The molecule has 0 spiro atoms. The number of carbonyl (C=O) groups is 1. The van der Waals surface area contributed by atoms with Crippen LogP contribution in [0.2, 0.25) is 5.02 Å². The molecular weight excluding hydrogens is 274 g/mol. The minimum Gasteiger partial charge on any atom is -1.00 e. The summed E-state index contributed by atoms with van der Waals surface area (Å²) in [5, 5.41) is 1.42. The number of carbonyl (C=O) groups excluding carboxylic acids is 1. The van der Waals surface area contributed by atoms with E-state index < -0.39 is 0 Å². The average molecular weight is 287 g/mol. The molecule has 0 aromatic heterocycles. The van der Waals surface area contributed by atoms with Crippen LogP contribution in [0.1, 0.15) is 11.8 Å². The van der Waals surface area contributed by atoms with Crippen molar-refractivity contribution in [2.75, 3.05) is 7.11 Å². The molecule has 1 atom stereocenters. The van der Waals surface area contributed by atoms with Gasteiger partial charge in [0.1, 0.15) is 5.75 Å². The Balaban J connectivity index is 0.00000180. The second kappa shape index (κ2) is 7.73. The number of rotatable bonds is 4. The van der Waals surface area contributed by atoms with Gasteiger partial charge in [0.15, 0.2) is 5.52 Å². The summed E-state index contributed by atoms with van der Waals surface area (Å²) in [6.45, 7) is 0. The molecule has 2 nitrogen and oxygen atoms in total. The molecule has 0 heterocycles. The summed E-state index contributed by atoms with van der Waals surface area (Å²) in [5.74, 6) is 0.524. The van der Waals surface area contributed by atoms with Gasteiger partial charge in [0.2, 0.25) is 0 Å². The fourth-order valence-corrected chi connectivity index (χ4v) is 2.94. The third-order valence-corrected chi connectivity index (χ3v) is 3.87. The fraction of sp³-hybridized carbons (Fsp3) is 0.0714. The first-order chi connectivity index (χ1) is 8.72. The Morgan fingerprint density at radius 1 is 1.16 bits per heavy atom. The molecule has 0 amide bonds. The summed E-state index contributed by atoms with van der Waals surface area (Å²) in [7, 11) is 1.58. The first-order valence-electron chi connectivity index (χ1n) is 5.41. The van der Waals surface area contributed by atoms with Crippen LogP contribution in [0.5, 0.6) is 5.75 Å². The van der Waals surface area contributed by atoms with Gasteiger partial charge in [-0.15, -0.1) is 0 Å². The maximum Gasteiger partial charge on any atom is 1.00 e. The molecule has 94 valence electrons. The smallest absolute Gasteiger partial charge is 1.00 e. The van der Waals surface area contributed by atoms with E-state index in [-0.39, 0.29) is 34.4 Å². The van der Waals surface area contributed by atoms with E-state index in [4.69, 9.17) is 16.3 Å². The molecule has 0 radical (unpaired) electrons. The van der Waals surface area contributed by atoms with Gasteiger partial charge in [0, 0.05) is 0 Å². The standard InChI is InChI=1S/C14H12ClO2P.Li.H/c1-17-12-9-5-8-11(15)13(12)14(16)18-10-6-3-2-4-7-10;;/h2-9,18H,1H3;;/q;+1;-1. The van der Waals surface area contributed by atoms with Crippen molar-refractivity contribution < 1.29 is 29.8 Å². The summed E-state index contributed by atoms with van der Waals surface area (Å²) in [6.07, 6.45) is 0. The number of benzene rings is 2. The van der Waals surface area contributed by atoms with Crippen molar-refractivity contribution in [3.63, 3.8) is 0 Å². The zero-order valence-electron chi connectivity index (χ0n) is 11.8. The van der Waals surface area contributed by atoms with E-state index in [0.717, 1.165) is 5.30 Å². The first kappa shape index (κ1) is 16.3. The maximum absolute atomic E-state index is 12.3. The van der Waals surface area contributed by atoms with E-state index in [1.807, 2.05) is 30.3 Å². The van der Waals surface area contributed by atoms with Crippen LogP contribution >= 0.6 is 20.2 Å². The van der Waals surface area contributed by atoms with E-state index in [2.05, 4.69) is 0 Å². The van der Waals surface area contributed by atoms with Crippen LogP contribution < -0.4 is 28.9 Å². The topological polar surface area (TPSA) is 26.3 Å². The summed E-state index contributed by atoms with van der Waals surface area (Å²) in [6, 6.07) is 14.8. The predicted molar refractivity (Wildman–Crippen MR) is 77.8 cm³/mol. The molecule has 0 aliphatic heterocycles. The molecule has 0 aliphatic rings. The summed E-state index contributed by atoms with van der Waals surface area (Å²) < 4.78 is 5.18. The van der Waals surface area contributed by atoms with Gasteiger partial charge in [-0.3, -0.25) is 4.79 Å². The van der Waals surface area contributed by atoms with Crippen LogP contribution in [-0.4, -0.2) is 12.6 Å². The molecule has 0 bridgehead atoms. The average Bonchev–Trinajstić information content (AvgIpc) is 2.39. The summed E-state index contributed by atoms with van der Waals surface area (Å²) in [4.78, 5) is 12.3. The third-order valence-electron chi connectivity index (χ3n) is 2.45. The Morgan fingerprint density at radius 3 is 2.47 bits per heavy atom. The maximum atomic E-state index is 12.3. The van der Waals surface area contributed by atoms with Gasteiger partial charge in [0.05, 0.1) is 17.7 Å². The molecule has 2 rings (SSSR count). The molecule has 0 saturated carbocycles. The monoisotopic (exact) mass is 286 g/mol. The fourth-order valence-electron chi connectivity index (χ4n) is 1.61. The number of methoxy groups -OCH3 is 1. The van der Waals surface area contributed by atoms with E-state index in [1.165, 1.54) is 7.11 Å². The minimum atomic E-state index is -0.0105. The zero-order chi connectivity index (χ0) is 13.0. The largest absolute Gasteiger partial charge is 1.00 e. The number of hydrogen-bond donors (Lipinski definition) is 0. The van der Waals surface area contributed by atoms with E-state index in [9.17, 15) is 4.79 Å². The second-order valence-electron chi connectivity index (χ2n) is 3.64. The van der Waals surface area contributed by atoms with Gasteiger partial charge in [-0.05, 0) is 26.0 Å². The van der Waals surface area contributed by atoms with Crippen molar-refractivity contribution in [1.82, 2.24) is 0 Å². The van der Waals surface area contributed by atoms with Crippen molar-refractivity contribution in [2.45, 2.75) is 0 Å². The quantitative estimate of drug-likeness (QED) is 0.608. The molecule has 2 aromatic rings. The van der Waals surface area contributed by atoms with Gasteiger partial charge in [-0.25, -0.2) is 0 Å². The van der Waals surface area contributed by atoms with Crippen LogP contribution in [0.15, 0.2) is 48.5 Å². The Hall–Kier alpha value is -0.773. The van der Waals surface area contributed by atoms with Gasteiger partial charge in [-0.2, -0.15) is 0 Å². The molecule has 5 heteroatoms. The molecule has 19 heavy (non-hydrogen) atoms. The van der Waals surface area contributed by atoms with E-state index in [0.29, 0.717) is 16.3 Å². The molecule has 0 fully saturated rings. The summed E-state index contributed by atoms with van der Waals surface area (Å²) in [5.41, 5.74) is 0.451. The van der Waals surface area contributed by atoms with Gasteiger partial charge >= 0.3 is 18.9 Å². The first-order valence-corrected chi connectivity index (χ1v) is 6.79. The second-order valence-corrected chi connectivity index (χ2v) is 5.33.